The summed E-state index contributed by atoms with van der Waals surface area (Å²) in [6.07, 6.45) is 0.761. The summed E-state index contributed by atoms with van der Waals surface area (Å²) < 4.78 is 0. The maximum Gasteiger partial charge on any atom is 0.267 e. The van der Waals surface area contributed by atoms with Gasteiger partial charge in [-0.3, -0.25) is 9.59 Å². The van der Waals surface area contributed by atoms with E-state index in [4.69, 9.17) is 0 Å². The second-order valence-electron chi connectivity index (χ2n) is 4.33. The van der Waals surface area contributed by atoms with Crippen LogP contribution in [0.3, 0.4) is 0 Å². The van der Waals surface area contributed by atoms with Gasteiger partial charge >= 0.3 is 0 Å². The highest BCUT2D eigenvalue weighted by atomic mass is 16.2. The maximum atomic E-state index is 12.3. The van der Waals surface area contributed by atoms with Crippen LogP contribution in [-0.4, -0.2) is 16.8 Å². The monoisotopic (exact) mass is 252 g/mol. The van der Waals surface area contributed by atoms with Crippen molar-refractivity contribution in [1.82, 2.24) is 4.98 Å². The minimum absolute atomic E-state index is 0.304. The second kappa shape index (κ2) is 4.31. The van der Waals surface area contributed by atoms with Crippen LogP contribution in [0.4, 0.5) is 5.82 Å². The van der Waals surface area contributed by atoms with Gasteiger partial charge in [-0.15, -0.1) is 0 Å². The zero-order valence-electron chi connectivity index (χ0n) is 10.5. The van der Waals surface area contributed by atoms with E-state index in [1.54, 1.807) is 30.3 Å². The molecular formula is C15H12N2O2. The van der Waals surface area contributed by atoms with E-state index in [1.165, 1.54) is 0 Å². The Labute approximate surface area is 110 Å². The van der Waals surface area contributed by atoms with Crippen LogP contribution < -0.4 is 4.90 Å². The lowest BCUT2D eigenvalue weighted by molar-refractivity contribution is 0.0925. The Morgan fingerprint density at radius 2 is 1.58 bits per heavy atom. The van der Waals surface area contributed by atoms with Crippen molar-refractivity contribution in [2.24, 2.45) is 0 Å². The molecule has 0 N–H and O–H groups in total. The van der Waals surface area contributed by atoms with Crippen molar-refractivity contribution in [2.45, 2.75) is 13.3 Å². The maximum absolute atomic E-state index is 12.3. The number of fused-ring (bicyclic) bond motifs is 1. The van der Waals surface area contributed by atoms with Crippen molar-refractivity contribution in [1.29, 1.82) is 0 Å². The van der Waals surface area contributed by atoms with Gasteiger partial charge in [0.1, 0.15) is 5.82 Å². The first kappa shape index (κ1) is 11.6. The molecule has 2 heterocycles. The lowest BCUT2D eigenvalue weighted by Gasteiger charge is -2.13. The minimum atomic E-state index is -0.304. The van der Waals surface area contributed by atoms with Crippen LogP contribution >= 0.6 is 0 Å². The fourth-order valence-electron chi connectivity index (χ4n) is 2.19. The van der Waals surface area contributed by atoms with Crippen LogP contribution in [0.15, 0.2) is 42.5 Å². The first-order valence-electron chi connectivity index (χ1n) is 6.16. The summed E-state index contributed by atoms with van der Waals surface area (Å²) in [6, 6.07) is 12.2. The van der Waals surface area contributed by atoms with Gasteiger partial charge in [0.15, 0.2) is 0 Å². The molecule has 2 aromatic rings. The zero-order valence-corrected chi connectivity index (χ0v) is 10.5. The number of aryl methyl sites for hydroxylation is 1. The Morgan fingerprint density at radius 1 is 0.947 bits per heavy atom. The summed E-state index contributed by atoms with van der Waals surface area (Å²) in [5.74, 6) is -0.215. The number of pyridine rings is 1. The third kappa shape index (κ3) is 1.73. The van der Waals surface area contributed by atoms with Gasteiger partial charge in [-0.05, 0) is 30.7 Å². The molecule has 0 saturated heterocycles. The molecule has 1 aromatic heterocycles. The van der Waals surface area contributed by atoms with Crippen LogP contribution in [0.2, 0.25) is 0 Å². The summed E-state index contributed by atoms with van der Waals surface area (Å²) >= 11 is 0. The van der Waals surface area contributed by atoms with Gasteiger partial charge in [0.05, 0.1) is 11.1 Å². The van der Waals surface area contributed by atoms with E-state index >= 15 is 0 Å². The minimum Gasteiger partial charge on any atom is -0.268 e. The molecule has 3 rings (SSSR count). The number of rotatable bonds is 2. The molecule has 1 aromatic carbocycles. The summed E-state index contributed by atoms with van der Waals surface area (Å²) in [7, 11) is 0. The highest BCUT2D eigenvalue weighted by Gasteiger charge is 2.36. The quantitative estimate of drug-likeness (QED) is 0.771. The Hall–Kier alpha value is -2.49. The normalized spacial score (nSPS) is 13.8. The number of carbonyl (C=O) groups is 2. The molecule has 1 aliphatic rings. The van der Waals surface area contributed by atoms with Crippen LogP contribution in [0.25, 0.3) is 0 Å². The average molecular weight is 252 g/mol. The second-order valence-corrected chi connectivity index (χ2v) is 4.33. The molecule has 4 nitrogen and oxygen atoms in total. The number of anilines is 1. The molecule has 0 aliphatic carbocycles. The molecule has 0 atom stereocenters. The van der Waals surface area contributed by atoms with Crippen LogP contribution in [0.1, 0.15) is 33.3 Å². The number of nitrogens with zero attached hydrogens (tertiary/aromatic N) is 2. The van der Waals surface area contributed by atoms with Gasteiger partial charge in [0.2, 0.25) is 0 Å². The summed E-state index contributed by atoms with van der Waals surface area (Å²) in [6.45, 7) is 1.98. The molecule has 0 unspecified atom stereocenters. The molecular weight excluding hydrogens is 240 g/mol. The van der Waals surface area contributed by atoms with Gasteiger partial charge in [-0.25, -0.2) is 9.88 Å². The molecule has 0 fully saturated rings. The van der Waals surface area contributed by atoms with E-state index in [0.29, 0.717) is 16.9 Å². The van der Waals surface area contributed by atoms with E-state index < -0.39 is 0 Å². The number of hydrogen-bond acceptors (Lipinski definition) is 3. The molecule has 94 valence electrons. The van der Waals surface area contributed by atoms with E-state index in [-0.39, 0.29) is 11.8 Å². The Morgan fingerprint density at radius 3 is 2.16 bits per heavy atom. The predicted octanol–water partition coefficient (Wildman–Crippen LogP) is 2.44. The number of carbonyl (C=O) groups excluding carboxylic acids is 2. The van der Waals surface area contributed by atoms with E-state index in [9.17, 15) is 9.59 Å². The van der Waals surface area contributed by atoms with Crippen molar-refractivity contribution in [2.75, 3.05) is 4.90 Å². The van der Waals surface area contributed by atoms with Crippen LogP contribution in [-0.2, 0) is 6.42 Å². The number of amides is 2. The SMILES string of the molecule is CCc1cccc(N2C(=O)c3ccccc3C2=O)n1. The molecule has 1 aliphatic heterocycles. The van der Waals surface area contributed by atoms with Crippen LogP contribution in [0, 0.1) is 0 Å². The summed E-state index contributed by atoms with van der Waals surface area (Å²) in [5, 5.41) is 0. The van der Waals surface area contributed by atoms with Gasteiger partial charge in [0.25, 0.3) is 11.8 Å². The lowest BCUT2D eigenvalue weighted by Crippen LogP contribution is -2.30. The number of hydrogen-bond donors (Lipinski definition) is 0. The van der Waals surface area contributed by atoms with E-state index in [2.05, 4.69) is 4.98 Å². The number of benzene rings is 1. The van der Waals surface area contributed by atoms with Gasteiger partial charge in [-0.1, -0.05) is 25.1 Å². The molecule has 0 spiro atoms. The largest absolute Gasteiger partial charge is 0.268 e. The average Bonchev–Trinajstić information content (AvgIpc) is 2.72. The van der Waals surface area contributed by atoms with Crippen LogP contribution in [0.5, 0.6) is 0 Å². The van der Waals surface area contributed by atoms with Gasteiger partial charge in [0, 0.05) is 5.69 Å². The number of imide groups is 1. The molecule has 0 bridgehead atoms. The fourth-order valence-corrected chi connectivity index (χ4v) is 2.19. The lowest BCUT2D eigenvalue weighted by atomic mass is 10.1. The van der Waals surface area contributed by atoms with Crippen molar-refractivity contribution in [3.05, 3.63) is 59.3 Å². The highest BCUT2D eigenvalue weighted by Crippen LogP contribution is 2.26. The zero-order chi connectivity index (χ0) is 13.4. The van der Waals surface area contributed by atoms with Crippen molar-refractivity contribution in [3.63, 3.8) is 0 Å². The third-order valence-corrected chi connectivity index (χ3v) is 3.18. The van der Waals surface area contributed by atoms with Gasteiger partial charge in [-0.2, -0.15) is 0 Å². The van der Waals surface area contributed by atoms with E-state index in [0.717, 1.165) is 17.0 Å². The van der Waals surface area contributed by atoms with Crippen molar-refractivity contribution in [3.8, 4) is 0 Å². The Balaban J connectivity index is 2.08. The predicted molar refractivity (Wildman–Crippen MR) is 71.2 cm³/mol. The molecule has 0 saturated carbocycles. The van der Waals surface area contributed by atoms with Crippen molar-refractivity contribution >= 4 is 17.6 Å². The standard InChI is InChI=1S/C15H12N2O2/c1-2-10-6-5-9-13(16-10)17-14(18)11-7-3-4-8-12(11)15(17)19/h3-9H,2H2,1H3. The Kier molecular flexibility index (Phi) is 2.63. The molecule has 19 heavy (non-hydrogen) atoms. The van der Waals surface area contributed by atoms with Gasteiger partial charge < -0.3 is 0 Å². The molecule has 0 radical (unpaired) electrons. The van der Waals surface area contributed by atoms with Crippen molar-refractivity contribution < 1.29 is 9.59 Å². The highest BCUT2D eigenvalue weighted by molar-refractivity contribution is 6.34. The first-order valence-corrected chi connectivity index (χ1v) is 6.16. The smallest absolute Gasteiger partial charge is 0.267 e. The Bertz CT molecular complexity index is 644. The molecule has 2 amide bonds. The summed E-state index contributed by atoms with van der Waals surface area (Å²) in [4.78, 5) is 30.0. The third-order valence-electron chi connectivity index (χ3n) is 3.18. The summed E-state index contributed by atoms with van der Waals surface area (Å²) in [5.41, 5.74) is 1.74. The number of aromatic nitrogens is 1. The van der Waals surface area contributed by atoms with E-state index in [1.807, 2.05) is 19.1 Å². The topological polar surface area (TPSA) is 50.3 Å². The molecule has 4 heteroatoms. The first-order chi connectivity index (χ1) is 9.22. The fraction of sp³-hybridized carbons (Fsp3) is 0.133.